The predicted octanol–water partition coefficient (Wildman–Crippen LogP) is 4.89. The van der Waals surface area contributed by atoms with Crippen LogP contribution in [0, 0.1) is 22.4 Å². The third-order valence-corrected chi connectivity index (χ3v) is 5.87. The number of aromatic nitrogens is 1. The van der Waals surface area contributed by atoms with E-state index in [1.165, 1.54) is 16.8 Å². The van der Waals surface area contributed by atoms with Crippen molar-refractivity contribution < 1.29 is 14.4 Å². The third kappa shape index (κ3) is 9.19. The molecule has 41 heavy (non-hydrogen) atoms. The number of ether oxygens (including phenoxy) is 2. The van der Waals surface area contributed by atoms with Crippen molar-refractivity contribution in [3.8, 4) is 17.2 Å². The Hall–Kier alpha value is -4.68. The molecule has 0 spiro atoms. The number of nitrogens with two attached hydrogens (primary N) is 2. The molecule has 2 aromatic carbocycles. The summed E-state index contributed by atoms with van der Waals surface area (Å²) >= 11 is 5.91. The quantitative estimate of drug-likeness (QED) is 0.0644. The number of halogens is 1. The lowest BCUT2D eigenvalue weighted by Crippen LogP contribution is -2.26. The Bertz CT molecular complexity index is 1530. The standard InChI is InChI=1S/C28H33ClN8O4/c1-19-15-20(30)7-8-25(19)41-21-9-13-36(32)27(16-21)34-11-5-4-10-33-23-18-26(40-14-6-12-35(2)3)24(37(38)39)17-22(23)28(29)31/h5,7-11,13,15-18,31H,4,6,12,14,30,32H2,1-3H3/b11-5-,31-28?,33-10?,34-27?. The molecule has 3 aromatic rings. The van der Waals surface area contributed by atoms with Crippen LogP contribution in [0.1, 0.15) is 24.0 Å². The number of aryl methyl sites for hydroxylation is 1. The normalized spacial score (nSPS) is 12.0. The van der Waals surface area contributed by atoms with E-state index in [9.17, 15) is 10.1 Å². The lowest BCUT2D eigenvalue weighted by atomic mass is 10.1. The Morgan fingerprint density at radius 2 is 2.00 bits per heavy atom. The van der Waals surface area contributed by atoms with Crippen LogP contribution < -0.4 is 26.5 Å². The minimum atomic E-state index is -0.566. The molecule has 0 aliphatic rings. The van der Waals surface area contributed by atoms with Gasteiger partial charge in [-0.3, -0.25) is 25.2 Å². The lowest BCUT2D eigenvalue weighted by molar-refractivity contribution is -0.385. The molecule has 0 saturated carbocycles. The second-order valence-electron chi connectivity index (χ2n) is 9.23. The van der Waals surface area contributed by atoms with Crippen LogP contribution in [0.2, 0.25) is 0 Å². The number of nitrogens with one attached hydrogen (secondary N) is 1. The number of anilines is 1. The summed E-state index contributed by atoms with van der Waals surface area (Å²) in [6.07, 6.45) is 7.59. The van der Waals surface area contributed by atoms with E-state index in [1.807, 2.05) is 32.0 Å². The van der Waals surface area contributed by atoms with Crippen LogP contribution in [0.3, 0.4) is 0 Å². The molecule has 0 atom stereocenters. The SMILES string of the molecule is Cc1cc(N)ccc1Oc1ccn(N)c(=N/C=C\CC=Nc2cc(OCCCN(C)C)c([N+](=O)[O-])cc2C(=N)Cl)c1. The molecule has 0 aliphatic carbocycles. The Balaban J connectivity index is 1.74. The molecule has 1 aromatic heterocycles. The first kappa shape index (κ1) is 30.9. The number of allylic oxidation sites excluding steroid dienone is 1. The van der Waals surface area contributed by atoms with Gasteiger partial charge in [0.15, 0.2) is 11.2 Å². The number of aliphatic imine (C=N–C) groups is 1. The fraction of sp³-hybridized carbons (Fsp3) is 0.250. The monoisotopic (exact) mass is 580 g/mol. The van der Waals surface area contributed by atoms with Gasteiger partial charge in [0, 0.05) is 61.0 Å². The predicted molar refractivity (Wildman–Crippen MR) is 162 cm³/mol. The molecule has 5 N–H and O–H groups in total. The summed E-state index contributed by atoms with van der Waals surface area (Å²) in [6.45, 7) is 2.96. The van der Waals surface area contributed by atoms with Gasteiger partial charge in [0.05, 0.1) is 17.2 Å². The number of benzene rings is 2. The highest BCUT2D eigenvalue weighted by Gasteiger charge is 2.21. The van der Waals surface area contributed by atoms with Gasteiger partial charge in [-0.25, -0.2) is 4.99 Å². The number of hydrogen-bond donors (Lipinski definition) is 3. The second kappa shape index (κ2) is 14.6. The average molecular weight is 581 g/mol. The average Bonchev–Trinajstić information content (AvgIpc) is 2.91. The number of nitrogen functional groups attached to an aromatic ring is 2. The number of rotatable bonds is 13. The summed E-state index contributed by atoms with van der Waals surface area (Å²) < 4.78 is 13.0. The fourth-order valence-electron chi connectivity index (χ4n) is 3.62. The number of hydrogen-bond acceptors (Lipinski definition) is 10. The van der Waals surface area contributed by atoms with Crippen LogP contribution in [-0.4, -0.2) is 53.1 Å². The van der Waals surface area contributed by atoms with Gasteiger partial charge in [0.1, 0.15) is 16.7 Å². The van der Waals surface area contributed by atoms with Crippen molar-refractivity contribution in [3.05, 3.63) is 87.7 Å². The van der Waals surface area contributed by atoms with Gasteiger partial charge in [-0.05, 0) is 57.3 Å². The Morgan fingerprint density at radius 3 is 2.68 bits per heavy atom. The molecule has 0 bridgehead atoms. The molecule has 13 heteroatoms. The molecule has 3 rings (SSSR count). The Kier molecular flexibility index (Phi) is 11.0. The zero-order valence-corrected chi connectivity index (χ0v) is 23.8. The molecule has 0 amide bonds. The first-order valence-corrected chi connectivity index (χ1v) is 13.0. The zero-order chi connectivity index (χ0) is 29.9. The number of nitro benzene ring substituents is 1. The molecule has 0 radical (unpaired) electrons. The summed E-state index contributed by atoms with van der Waals surface area (Å²) in [5.41, 5.74) is 7.95. The van der Waals surface area contributed by atoms with Gasteiger partial charge in [0.2, 0.25) is 0 Å². The number of nitrogens with zero attached hydrogens (tertiary/aromatic N) is 5. The number of nitro groups is 1. The maximum absolute atomic E-state index is 11.6. The van der Waals surface area contributed by atoms with E-state index in [1.54, 1.807) is 49.0 Å². The summed E-state index contributed by atoms with van der Waals surface area (Å²) in [5, 5.41) is 19.1. The van der Waals surface area contributed by atoms with Crippen LogP contribution in [0.15, 0.2) is 70.9 Å². The first-order chi connectivity index (χ1) is 19.5. The van der Waals surface area contributed by atoms with Crippen molar-refractivity contribution in [1.82, 2.24) is 9.58 Å². The van der Waals surface area contributed by atoms with Gasteiger partial charge >= 0.3 is 5.69 Å². The largest absolute Gasteiger partial charge is 0.487 e. The maximum Gasteiger partial charge on any atom is 0.311 e. The van der Waals surface area contributed by atoms with Gasteiger partial charge < -0.3 is 25.9 Å². The molecule has 0 aliphatic heterocycles. The van der Waals surface area contributed by atoms with Crippen LogP contribution in [-0.2, 0) is 0 Å². The van der Waals surface area contributed by atoms with Crippen molar-refractivity contribution in [1.29, 1.82) is 5.41 Å². The van der Waals surface area contributed by atoms with E-state index >= 15 is 0 Å². The summed E-state index contributed by atoms with van der Waals surface area (Å²) in [7, 11) is 3.86. The lowest BCUT2D eigenvalue weighted by Gasteiger charge is -2.12. The van der Waals surface area contributed by atoms with Crippen LogP contribution >= 0.6 is 11.6 Å². The highest BCUT2D eigenvalue weighted by Crippen LogP contribution is 2.35. The highest BCUT2D eigenvalue weighted by molar-refractivity contribution is 6.69. The van der Waals surface area contributed by atoms with Gasteiger partial charge in [-0.1, -0.05) is 17.7 Å². The smallest absolute Gasteiger partial charge is 0.311 e. The molecule has 0 saturated heterocycles. The molecule has 1 heterocycles. The maximum atomic E-state index is 11.6. The second-order valence-corrected chi connectivity index (χ2v) is 9.61. The molecule has 12 nitrogen and oxygen atoms in total. The van der Waals surface area contributed by atoms with E-state index in [2.05, 4.69) is 9.98 Å². The van der Waals surface area contributed by atoms with Gasteiger partial charge in [-0.2, -0.15) is 0 Å². The van der Waals surface area contributed by atoms with E-state index in [-0.39, 0.29) is 34.5 Å². The Labute approximate surface area is 242 Å². The molecular formula is C28H33ClN8O4. The van der Waals surface area contributed by atoms with Crippen LogP contribution in [0.5, 0.6) is 17.2 Å². The first-order valence-electron chi connectivity index (χ1n) is 12.6. The van der Waals surface area contributed by atoms with E-state index < -0.39 is 4.92 Å². The van der Waals surface area contributed by atoms with E-state index in [4.69, 9.17) is 38.1 Å². The summed E-state index contributed by atoms with van der Waals surface area (Å²) in [4.78, 5) is 21.8. The van der Waals surface area contributed by atoms with E-state index in [0.29, 0.717) is 35.5 Å². The molecule has 216 valence electrons. The van der Waals surface area contributed by atoms with E-state index in [0.717, 1.165) is 12.1 Å². The summed E-state index contributed by atoms with van der Waals surface area (Å²) in [6, 6.07) is 11.4. The minimum Gasteiger partial charge on any atom is -0.487 e. The van der Waals surface area contributed by atoms with Gasteiger partial charge in [0.25, 0.3) is 0 Å². The summed E-state index contributed by atoms with van der Waals surface area (Å²) in [5.74, 6) is 7.29. The fourth-order valence-corrected chi connectivity index (χ4v) is 3.78. The number of pyridine rings is 1. The van der Waals surface area contributed by atoms with Crippen LogP contribution in [0.25, 0.3) is 0 Å². The third-order valence-electron chi connectivity index (χ3n) is 5.66. The topological polar surface area (TPSA) is 170 Å². The molecule has 0 fully saturated rings. The van der Waals surface area contributed by atoms with Crippen LogP contribution in [0.4, 0.5) is 17.1 Å². The molecular weight excluding hydrogens is 548 g/mol. The van der Waals surface area contributed by atoms with Crippen molar-refractivity contribution in [3.63, 3.8) is 0 Å². The minimum absolute atomic E-state index is 0.0666. The van der Waals surface area contributed by atoms with Gasteiger partial charge in [-0.15, -0.1) is 0 Å². The van der Waals surface area contributed by atoms with Crippen molar-refractivity contribution >= 4 is 40.0 Å². The van der Waals surface area contributed by atoms with Crippen molar-refractivity contribution in [2.45, 2.75) is 19.8 Å². The zero-order valence-electron chi connectivity index (χ0n) is 23.1. The van der Waals surface area contributed by atoms with Crippen molar-refractivity contribution in [2.75, 3.05) is 38.8 Å². The highest BCUT2D eigenvalue weighted by atomic mass is 35.5. The molecule has 0 unspecified atom stereocenters. The Morgan fingerprint density at radius 1 is 1.22 bits per heavy atom. The van der Waals surface area contributed by atoms with Crippen molar-refractivity contribution in [2.24, 2.45) is 9.98 Å².